The summed E-state index contributed by atoms with van der Waals surface area (Å²) in [7, 11) is 1.64. The molecule has 0 amide bonds. The molecule has 0 fully saturated rings. The van der Waals surface area contributed by atoms with Crippen LogP contribution in [0.25, 0.3) is 0 Å². The van der Waals surface area contributed by atoms with Gasteiger partial charge in [0.25, 0.3) is 0 Å². The molecule has 2 rings (SSSR count). The number of benzene rings is 1. The fourth-order valence-corrected chi connectivity index (χ4v) is 2.44. The summed E-state index contributed by atoms with van der Waals surface area (Å²) in [6, 6.07) is 6.23. The van der Waals surface area contributed by atoms with Crippen molar-refractivity contribution in [2.75, 3.05) is 12.4 Å². The average Bonchev–Trinajstić information content (AvgIpc) is 2.34. The van der Waals surface area contributed by atoms with Gasteiger partial charge in [-0.15, -0.1) is 0 Å². The highest BCUT2D eigenvalue weighted by Gasteiger charge is 2.08. The zero-order valence-electron chi connectivity index (χ0n) is 10.8. The van der Waals surface area contributed by atoms with E-state index in [9.17, 15) is 0 Å². The molecular weight excluding hydrogens is 246 g/mol. The number of anilines is 1. The van der Waals surface area contributed by atoms with Crippen LogP contribution in [0.5, 0.6) is 5.75 Å². The van der Waals surface area contributed by atoms with Gasteiger partial charge in [-0.05, 0) is 31.4 Å². The Morgan fingerprint density at radius 2 is 2.17 bits per heavy atom. The SMILES string of the molecule is COc1cc(NC2/C=C/CCCCC2)ccc1Cl. The van der Waals surface area contributed by atoms with Crippen molar-refractivity contribution in [1.29, 1.82) is 0 Å². The molecule has 1 aromatic carbocycles. The van der Waals surface area contributed by atoms with Gasteiger partial charge in [0.1, 0.15) is 5.75 Å². The summed E-state index contributed by atoms with van der Waals surface area (Å²) in [6.45, 7) is 0. The second-order valence-corrected chi connectivity index (χ2v) is 5.07. The van der Waals surface area contributed by atoms with E-state index >= 15 is 0 Å². The first kappa shape index (κ1) is 13.3. The van der Waals surface area contributed by atoms with Gasteiger partial charge in [-0.3, -0.25) is 0 Å². The lowest BCUT2D eigenvalue weighted by atomic mass is 10.0. The van der Waals surface area contributed by atoms with Crippen molar-refractivity contribution in [1.82, 2.24) is 0 Å². The first-order valence-corrected chi connectivity index (χ1v) is 6.94. The van der Waals surface area contributed by atoms with Gasteiger partial charge in [0.05, 0.1) is 12.1 Å². The van der Waals surface area contributed by atoms with E-state index in [4.69, 9.17) is 16.3 Å². The summed E-state index contributed by atoms with van der Waals surface area (Å²) in [5.74, 6) is 0.719. The van der Waals surface area contributed by atoms with E-state index in [1.165, 1.54) is 32.1 Å². The highest BCUT2D eigenvalue weighted by Crippen LogP contribution is 2.28. The normalized spacial score (nSPS) is 21.8. The lowest BCUT2D eigenvalue weighted by Crippen LogP contribution is -2.17. The third-order valence-corrected chi connectivity index (χ3v) is 3.57. The number of hydrogen-bond acceptors (Lipinski definition) is 2. The standard InChI is InChI=1S/C15H20ClNO/c1-18-15-11-13(9-10-14(15)16)17-12-7-5-3-2-4-6-8-12/h5,7,9-12,17H,2-4,6,8H2,1H3/b7-5+. The Kier molecular flexibility index (Phi) is 4.94. The minimum atomic E-state index is 0.413. The van der Waals surface area contributed by atoms with E-state index in [1.54, 1.807) is 7.11 Å². The van der Waals surface area contributed by atoms with Crippen LogP contribution in [0, 0.1) is 0 Å². The van der Waals surface area contributed by atoms with E-state index in [0.717, 1.165) is 11.4 Å². The molecule has 1 aromatic rings. The van der Waals surface area contributed by atoms with Crippen LogP contribution >= 0.6 is 11.6 Å². The maximum Gasteiger partial charge on any atom is 0.139 e. The largest absolute Gasteiger partial charge is 0.495 e. The second kappa shape index (κ2) is 6.69. The molecule has 1 unspecified atom stereocenters. The van der Waals surface area contributed by atoms with Gasteiger partial charge in [-0.2, -0.15) is 0 Å². The fraction of sp³-hybridized carbons (Fsp3) is 0.467. The number of hydrogen-bond donors (Lipinski definition) is 1. The third-order valence-electron chi connectivity index (χ3n) is 3.26. The van der Waals surface area contributed by atoms with Crippen molar-refractivity contribution in [3.05, 3.63) is 35.4 Å². The van der Waals surface area contributed by atoms with Gasteiger partial charge in [-0.25, -0.2) is 0 Å². The molecule has 2 nitrogen and oxygen atoms in total. The molecule has 0 saturated carbocycles. The summed E-state index contributed by atoms with van der Waals surface area (Å²) in [5, 5.41) is 4.17. The topological polar surface area (TPSA) is 21.3 Å². The van der Waals surface area contributed by atoms with Crippen LogP contribution in [0.4, 0.5) is 5.69 Å². The average molecular weight is 266 g/mol. The molecule has 0 bridgehead atoms. The van der Waals surface area contributed by atoms with Crippen molar-refractivity contribution < 1.29 is 4.74 Å². The number of methoxy groups -OCH3 is 1. The first-order chi connectivity index (χ1) is 8.79. The molecule has 0 spiro atoms. The van der Waals surface area contributed by atoms with Crippen LogP contribution in [0.15, 0.2) is 30.4 Å². The Morgan fingerprint density at radius 3 is 3.00 bits per heavy atom. The predicted molar refractivity (Wildman–Crippen MR) is 77.6 cm³/mol. The molecule has 1 aliphatic rings. The van der Waals surface area contributed by atoms with Gasteiger partial charge in [-0.1, -0.05) is 36.6 Å². The number of halogens is 1. The van der Waals surface area contributed by atoms with Gasteiger partial charge in [0, 0.05) is 17.8 Å². The predicted octanol–water partition coefficient (Wildman–Crippen LogP) is 4.65. The Labute approximate surface area is 114 Å². The molecule has 1 N–H and O–H groups in total. The highest BCUT2D eigenvalue weighted by atomic mass is 35.5. The number of ether oxygens (including phenoxy) is 1. The molecule has 18 heavy (non-hydrogen) atoms. The van der Waals surface area contributed by atoms with Gasteiger partial charge in [0.2, 0.25) is 0 Å². The maximum absolute atomic E-state index is 6.02. The molecule has 0 aromatic heterocycles. The lowest BCUT2D eigenvalue weighted by Gasteiger charge is -2.18. The van der Waals surface area contributed by atoms with Crippen LogP contribution in [0.2, 0.25) is 5.02 Å². The van der Waals surface area contributed by atoms with Crippen LogP contribution in [-0.4, -0.2) is 13.2 Å². The molecule has 1 atom stereocenters. The zero-order valence-corrected chi connectivity index (χ0v) is 11.5. The Balaban J connectivity index is 2.05. The number of allylic oxidation sites excluding steroid dienone is 1. The van der Waals surface area contributed by atoms with Gasteiger partial charge in [0.15, 0.2) is 0 Å². The summed E-state index contributed by atoms with van der Waals surface area (Å²) in [4.78, 5) is 0. The minimum absolute atomic E-state index is 0.413. The van der Waals surface area contributed by atoms with Crippen molar-refractivity contribution in [3.63, 3.8) is 0 Å². The van der Waals surface area contributed by atoms with Crippen LogP contribution in [0.1, 0.15) is 32.1 Å². The molecule has 0 heterocycles. The Bertz CT molecular complexity index is 417. The Morgan fingerprint density at radius 1 is 1.28 bits per heavy atom. The zero-order chi connectivity index (χ0) is 12.8. The van der Waals surface area contributed by atoms with Gasteiger partial charge < -0.3 is 10.1 Å². The quantitative estimate of drug-likeness (QED) is 0.804. The summed E-state index contributed by atoms with van der Waals surface area (Å²) < 4.78 is 5.23. The van der Waals surface area contributed by atoms with E-state index < -0.39 is 0 Å². The summed E-state index contributed by atoms with van der Waals surface area (Å²) >= 11 is 6.02. The second-order valence-electron chi connectivity index (χ2n) is 4.67. The van der Waals surface area contributed by atoms with Crippen LogP contribution in [0.3, 0.4) is 0 Å². The van der Waals surface area contributed by atoms with Crippen molar-refractivity contribution in [2.45, 2.75) is 38.1 Å². The highest BCUT2D eigenvalue weighted by molar-refractivity contribution is 6.32. The van der Waals surface area contributed by atoms with Gasteiger partial charge >= 0.3 is 0 Å². The van der Waals surface area contributed by atoms with E-state index in [-0.39, 0.29) is 0 Å². The molecule has 0 radical (unpaired) electrons. The lowest BCUT2D eigenvalue weighted by molar-refractivity contribution is 0.415. The van der Waals surface area contributed by atoms with Crippen molar-refractivity contribution >= 4 is 17.3 Å². The van der Waals surface area contributed by atoms with Crippen molar-refractivity contribution in [2.24, 2.45) is 0 Å². The third kappa shape index (κ3) is 3.67. The first-order valence-electron chi connectivity index (χ1n) is 6.56. The smallest absolute Gasteiger partial charge is 0.139 e. The molecule has 3 heteroatoms. The molecule has 1 aliphatic carbocycles. The molecule has 0 aliphatic heterocycles. The molecule has 0 saturated heterocycles. The van der Waals surface area contributed by atoms with E-state index in [0.29, 0.717) is 11.1 Å². The number of nitrogens with one attached hydrogen (secondary N) is 1. The molecular formula is C15H20ClNO. The molecule has 98 valence electrons. The fourth-order valence-electron chi connectivity index (χ4n) is 2.24. The van der Waals surface area contributed by atoms with Crippen molar-refractivity contribution in [3.8, 4) is 5.75 Å². The van der Waals surface area contributed by atoms with Crippen LogP contribution < -0.4 is 10.1 Å². The summed E-state index contributed by atoms with van der Waals surface area (Å²) in [5.41, 5.74) is 1.06. The minimum Gasteiger partial charge on any atom is -0.495 e. The van der Waals surface area contributed by atoms with Crippen LogP contribution in [-0.2, 0) is 0 Å². The maximum atomic E-state index is 6.02. The number of rotatable bonds is 3. The monoisotopic (exact) mass is 265 g/mol. The Hall–Kier alpha value is -1.15. The summed E-state index contributed by atoms with van der Waals surface area (Å²) in [6.07, 6.45) is 10.9. The van der Waals surface area contributed by atoms with E-state index in [2.05, 4.69) is 17.5 Å². The van der Waals surface area contributed by atoms with E-state index in [1.807, 2.05) is 18.2 Å².